The van der Waals surface area contributed by atoms with Crippen LogP contribution in [-0.4, -0.2) is 20.7 Å². The molecule has 0 saturated carbocycles. The van der Waals surface area contributed by atoms with E-state index in [1.807, 2.05) is 43.8 Å². The minimum Gasteiger partial charge on any atom is -0.545 e. The molecule has 0 spiro atoms. The summed E-state index contributed by atoms with van der Waals surface area (Å²) < 4.78 is 1.87. The lowest BCUT2D eigenvalue weighted by atomic mass is 9.86. The van der Waals surface area contributed by atoms with Gasteiger partial charge in [-0.25, -0.2) is 4.98 Å². The molecular weight excluding hydrogens is 326 g/mol. The Bertz CT molecular complexity index is 1080. The first kappa shape index (κ1) is 16.5. The number of hydrogen-bond acceptors (Lipinski definition) is 4. The number of benzene rings is 1. The molecule has 0 radical (unpaired) electrons. The second-order valence-corrected chi connectivity index (χ2v) is 6.85. The summed E-state index contributed by atoms with van der Waals surface area (Å²) in [6, 6.07) is 7.38. The number of carbonyl (C=O) groups excluding carboxylic acids is 1. The first-order valence-corrected chi connectivity index (χ1v) is 8.81. The predicted molar refractivity (Wildman–Crippen MR) is 99.6 cm³/mol. The molecule has 1 aliphatic rings. The number of nitrogens with zero attached hydrogens (tertiary/aromatic N) is 3. The van der Waals surface area contributed by atoms with Gasteiger partial charge in [0.05, 0.1) is 22.9 Å². The molecule has 5 nitrogen and oxygen atoms in total. The number of carbonyl (C=O) groups is 1. The quantitative estimate of drug-likeness (QED) is 0.715. The number of hydrogen-bond donors (Lipinski definition) is 0. The Balaban J connectivity index is 1.99. The number of aromatic carboxylic acids is 1. The Hall–Kier alpha value is -2.95. The summed E-state index contributed by atoms with van der Waals surface area (Å²) in [6.45, 7) is 4.03. The van der Waals surface area contributed by atoms with E-state index in [-0.39, 0.29) is 5.56 Å². The molecular formula is C21H20N3O2-. The predicted octanol–water partition coefficient (Wildman–Crippen LogP) is 2.83. The molecule has 0 N–H and O–H groups in total. The lowest BCUT2D eigenvalue weighted by molar-refractivity contribution is -0.254. The lowest BCUT2D eigenvalue weighted by Crippen LogP contribution is -2.26. The van der Waals surface area contributed by atoms with Crippen molar-refractivity contribution in [2.45, 2.75) is 33.1 Å². The van der Waals surface area contributed by atoms with Crippen molar-refractivity contribution in [3.05, 3.63) is 58.0 Å². The van der Waals surface area contributed by atoms with Crippen molar-refractivity contribution in [2.24, 2.45) is 7.05 Å². The highest BCUT2D eigenvalue weighted by Gasteiger charge is 2.22. The van der Waals surface area contributed by atoms with Gasteiger partial charge in [0.15, 0.2) is 0 Å². The molecule has 0 unspecified atom stereocenters. The maximum absolute atomic E-state index is 11.9. The zero-order chi connectivity index (χ0) is 18.4. The summed E-state index contributed by atoms with van der Waals surface area (Å²) >= 11 is 0. The number of aryl methyl sites for hydroxylation is 2. The van der Waals surface area contributed by atoms with Gasteiger partial charge in [-0.15, -0.1) is 0 Å². The van der Waals surface area contributed by atoms with Crippen LogP contribution >= 0.6 is 0 Å². The fourth-order valence-corrected chi connectivity index (χ4v) is 3.88. The summed E-state index contributed by atoms with van der Waals surface area (Å²) in [5.41, 5.74) is 6.76. The van der Waals surface area contributed by atoms with E-state index in [9.17, 15) is 9.90 Å². The maximum atomic E-state index is 11.9. The number of aromatic nitrogens is 3. The van der Waals surface area contributed by atoms with E-state index in [0.717, 1.165) is 46.6 Å². The second kappa shape index (κ2) is 6.09. The van der Waals surface area contributed by atoms with Gasteiger partial charge in [0, 0.05) is 29.3 Å². The van der Waals surface area contributed by atoms with Crippen LogP contribution in [-0.2, 0) is 13.5 Å². The number of carboxylic acids is 1. The molecule has 3 aromatic rings. The van der Waals surface area contributed by atoms with Crippen LogP contribution < -0.4 is 5.11 Å². The average molecular weight is 346 g/mol. The maximum Gasteiger partial charge on any atom is 0.0725 e. The first-order chi connectivity index (χ1) is 12.5. The molecule has 132 valence electrons. The molecule has 0 bridgehead atoms. The average Bonchev–Trinajstić information content (AvgIpc) is 2.86. The van der Waals surface area contributed by atoms with Gasteiger partial charge < -0.3 is 9.90 Å². The highest BCUT2D eigenvalue weighted by Crippen LogP contribution is 2.36. The first-order valence-electron chi connectivity index (χ1n) is 8.81. The molecule has 0 atom stereocenters. The number of carboxylic acid groups (broad SMARTS) is 1. The Labute approximate surface area is 152 Å². The van der Waals surface area contributed by atoms with E-state index in [4.69, 9.17) is 4.98 Å². The normalized spacial score (nSPS) is 15.4. The van der Waals surface area contributed by atoms with Gasteiger partial charge in [0.1, 0.15) is 0 Å². The minimum absolute atomic E-state index is 0.288. The second-order valence-electron chi connectivity index (χ2n) is 6.85. The van der Waals surface area contributed by atoms with Gasteiger partial charge >= 0.3 is 0 Å². The summed E-state index contributed by atoms with van der Waals surface area (Å²) in [5.74, 6) is -1.13. The number of rotatable bonds is 2. The van der Waals surface area contributed by atoms with Crippen molar-refractivity contribution in [1.29, 1.82) is 0 Å². The van der Waals surface area contributed by atoms with Gasteiger partial charge in [-0.1, -0.05) is 18.2 Å². The van der Waals surface area contributed by atoms with Gasteiger partial charge in [0.2, 0.25) is 0 Å². The van der Waals surface area contributed by atoms with Crippen LogP contribution in [0.1, 0.15) is 51.4 Å². The van der Waals surface area contributed by atoms with Crippen LogP contribution in [0.4, 0.5) is 0 Å². The third-order valence-corrected chi connectivity index (χ3v) is 5.26. The fraction of sp³-hybridized carbons (Fsp3) is 0.286. The molecule has 1 aliphatic carbocycles. The number of para-hydroxylation sites is 1. The molecule has 26 heavy (non-hydrogen) atoms. The van der Waals surface area contributed by atoms with Gasteiger partial charge in [-0.3, -0.25) is 4.68 Å². The number of fused-ring (bicyclic) bond motifs is 2. The standard InChI is InChI=1S/C21H21N3O2/c1-12-17(13(2)24(3)23-12)11-14-7-6-9-16-19(21(25)26)15-8-4-5-10-18(15)22-20(14)16/h4-5,8,10-11H,6-7,9H2,1-3H3,(H,25,26)/p-1/b14-11+. The minimum atomic E-state index is -1.13. The third-order valence-electron chi connectivity index (χ3n) is 5.26. The van der Waals surface area contributed by atoms with Gasteiger partial charge in [-0.05, 0) is 56.4 Å². The Morgan fingerprint density at radius 2 is 2.00 bits per heavy atom. The van der Waals surface area contributed by atoms with E-state index < -0.39 is 5.97 Å². The largest absolute Gasteiger partial charge is 0.545 e. The molecule has 0 aliphatic heterocycles. The van der Waals surface area contributed by atoms with E-state index >= 15 is 0 Å². The monoisotopic (exact) mass is 346 g/mol. The van der Waals surface area contributed by atoms with E-state index in [1.165, 1.54) is 0 Å². The van der Waals surface area contributed by atoms with E-state index in [2.05, 4.69) is 11.2 Å². The molecule has 0 amide bonds. The Morgan fingerprint density at radius 3 is 2.69 bits per heavy atom. The van der Waals surface area contributed by atoms with Gasteiger partial charge in [-0.2, -0.15) is 5.10 Å². The van der Waals surface area contributed by atoms with Crippen LogP contribution in [0.2, 0.25) is 0 Å². The summed E-state index contributed by atoms with van der Waals surface area (Å²) in [6.07, 6.45) is 4.60. The van der Waals surface area contributed by atoms with Crippen LogP contribution in [0.5, 0.6) is 0 Å². The molecule has 5 heteroatoms. The molecule has 4 rings (SSSR count). The zero-order valence-corrected chi connectivity index (χ0v) is 15.2. The van der Waals surface area contributed by atoms with Crippen molar-refractivity contribution in [1.82, 2.24) is 14.8 Å². The fourth-order valence-electron chi connectivity index (χ4n) is 3.88. The van der Waals surface area contributed by atoms with Crippen molar-refractivity contribution < 1.29 is 9.90 Å². The molecule has 0 fully saturated rings. The molecule has 1 aromatic carbocycles. The van der Waals surface area contributed by atoms with E-state index in [0.29, 0.717) is 17.3 Å². The smallest absolute Gasteiger partial charge is 0.0725 e. The Kier molecular flexibility index (Phi) is 3.87. The van der Waals surface area contributed by atoms with Crippen LogP contribution in [0.15, 0.2) is 24.3 Å². The van der Waals surface area contributed by atoms with Crippen molar-refractivity contribution >= 4 is 28.5 Å². The van der Waals surface area contributed by atoms with Crippen molar-refractivity contribution in [2.75, 3.05) is 0 Å². The molecule has 0 saturated heterocycles. The Morgan fingerprint density at radius 1 is 1.23 bits per heavy atom. The topological polar surface area (TPSA) is 70.8 Å². The summed E-state index contributed by atoms with van der Waals surface area (Å²) in [5, 5.41) is 17.0. The zero-order valence-electron chi connectivity index (χ0n) is 15.2. The van der Waals surface area contributed by atoms with E-state index in [1.54, 1.807) is 6.07 Å². The van der Waals surface area contributed by atoms with Crippen molar-refractivity contribution in [3.63, 3.8) is 0 Å². The number of pyridine rings is 1. The molecule has 2 aromatic heterocycles. The van der Waals surface area contributed by atoms with Gasteiger partial charge in [0.25, 0.3) is 0 Å². The van der Waals surface area contributed by atoms with Crippen molar-refractivity contribution in [3.8, 4) is 0 Å². The lowest BCUT2D eigenvalue weighted by Gasteiger charge is -2.23. The summed E-state index contributed by atoms with van der Waals surface area (Å²) in [4.78, 5) is 16.7. The van der Waals surface area contributed by atoms with Crippen LogP contribution in [0, 0.1) is 13.8 Å². The highest BCUT2D eigenvalue weighted by molar-refractivity contribution is 6.05. The third kappa shape index (κ3) is 2.51. The van der Waals surface area contributed by atoms with Crippen LogP contribution in [0.25, 0.3) is 22.6 Å². The SMILES string of the molecule is Cc1nn(C)c(C)c1/C=C1\CCCc2c1nc1ccccc1c2C(=O)[O-]. The number of allylic oxidation sites excluding steroid dienone is 1. The summed E-state index contributed by atoms with van der Waals surface area (Å²) in [7, 11) is 1.93. The molecule has 2 heterocycles. The van der Waals surface area contributed by atoms with Crippen LogP contribution in [0.3, 0.4) is 0 Å². The highest BCUT2D eigenvalue weighted by atomic mass is 16.4.